The Labute approximate surface area is 75.9 Å². The molecule has 5 heteroatoms. The first-order valence-electron chi connectivity index (χ1n) is 3.77. The topological polar surface area (TPSA) is 63.6 Å². The molecule has 0 amide bonds. The molecule has 0 radical (unpaired) electrons. The first-order chi connectivity index (χ1) is 6.09. The fourth-order valence-electron chi connectivity index (χ4n) is 1.38. The summed E-state index contributed by atoms with van der Waals surface area (Å²) in [7, 11) is -4.04. The van der Waals surface area contributed by atoms with E-state index in [1.807, 2.05) is 0 Å². The van der Waals surface area contributed by atoms with E-state index in [0.717, 1.165) is 0 Å². The lowest BCUT2D eigenvalue weighted by molar-refractivity contribution is 0.343. The summed E-state index contributed by atoms with van der Waals surface area (Å²) in [6.45, 7) is -0.00181. The van der Waals surface area contributed by atoms with Gasteiger partial charge in [-0.1, -0.05) is 18.2 Å². The Balaban J connectivity index is 2.51. The second-order valence-electron chi connectivity index (χ2n) is 2.85. The first-order valence-corrected chi connectivity index (χ1v) is 5.27. The lowest BCUT2D eigenvalue weighted by Gasteiger charge is -2.02. The van der Waals surface area contributed by atoms with Gasteiger partial charge in [-0.25, -0.2) is 0 Å². The van der Waals surface area contributed by atoms with Crippen molar-refractivity contribution < 1.29 is 17.7 Å². The van der Waals surface area contributed by atoms with Crippen LogP contribution in [-0.2, 0) is 10.1 Å². The third-order valence-electron chi connectivity index (χ3n) is 2.02. The number of fused-ring (bicyclic) bond motifs is 1. The fourth-order valence-corrected chi connectivity index (χ4v) is 2.14. The van der Waals surface area contributed by atoms with Gasteiger partial charge in [0.25, 0.3) is 10.1 Å². The molecule has 0 aromatic heterocycles. The SMILES string of the molecule is O=S(=O)(O)C1COc2ccccc21. The van der Waals surface area contributed by atoms with Crippen LogP contribution < -0.4 is 4.74 Å². The molecule has 1 aliphatic heterocycles. The predicted molar refractivity (Wildman–Crippen MR) is 46.2 cm³/mol. The molecule has 0 fully saturated rings. The molecule has 13 heavy (non-hydrogen) atoms. The number of rotatable bonds is 1. The Hall–Kier alpha value is -1.07. The van der Waals surface area contributed by atoms with E-state index in [4.69, 9.17) is 9.29 Å². The van der Waals surface area contributed by atoms with E-state index in [1.165, 1.54) is 0 Å². The summed E-state index contributed by atoms with van der Waals surface area (Å²) in [6.07, 6.45) is 0. The van der Waals surface area contributed by atoms with Crippen LogP contribution in [0.4, 0.5) is 0 Å². The van der Waals surface area contributed by atoms with Crippen molar-refractivity contribution in [3.8, 4) is 5.75 Å². The Morgan fingerprint density at radius 1 is 1.38 bits per heavy atom. The highest BCUT2D eigenvalue weighted by Gasteiger charge is 2.33. The fraction of sp³-hybridized carbons (Fsp3) is 0.250. The molecular formula is C8H8O4S. The highest BCUT2D eigenvalue weighted by molar-refractivity contribution is 7.86. The molecule has 4 nitrogen and oxygen atoms in total. The molecule has 1 unspecified atom stereocenters. The van der Waals surface area contributed by atoms with Gasteiger partial charge in [0.15, 0.2) is 0 Å². The van der Waals surface area contributed by atoms with E-state index in [-0.39, 0.29) is 6.61 Å². The summed E-state index contributed by atoms with van der Waals surface area (Å²) >= 11 is 0. The van der Waals surface area contributed by atoms with Crippen molar-refractivity contribution >= 4 is 10.1 Å². The molecule has 0 spiro atoms. The largest absolute Gasteiger partial charge is 0.491 e. The molecule has 0 bridgehead atoms. The number of hydrogen-bond acceptors (Lipinski definition) is 3. The Morgan fingerprint density at radius 2 is 2.08 bits per heavy atom. The number of ether oxygens (including phenoxy) is 1. The van der Waals surface area contributed by atoms with Crippen LogP contribution in [0.25, 0.3) is 0 Å². The minimum atomic E-state index is -4.04. The standard InChI is InChI=1S/C8H8O4S/c9-13(10,11)8-5-12-7-4-2-1-3-6(7)8/h1-4,8H,5H2,(H,9,10,11). The second-order valence-corrected chi connectivity index (χ2v) is 4.45. The molecule has 1 atom stereocenters. The summed E-state index contributed by atoms with van der Waals surface area (Å²) in [6, 6.07) is 6.79. The molecule has 70 valence electrons. The Bertz CT molecular complexity index is 424. The average molecular weight is 200 g/mol. The summed E-state index contributed by atoms with van der Waals surface area (Å²) in [5.41, 5.74) is 0.532. The van der Waals surface area contributed by atoms with Gasteiger partial charge in [-0.05, 0) is 6.07 Å². The average Bonchev–Trinajstić information content (AvgIpc) is 2.45. The van der Waals surface area contributed by atoms with Crippen molar-refractivity contribution in [3.05, 3.63) is 29.8 Å². The molecule has 1 heterocycles. The van der Waals surface area contributed by atoms with Crippen LogP contribution in [0, 0.1) is 0 Å². The molecule has 1 aliphatic rings. The van der Waals surface area contributed by atoms with Crippen LogP contribution in [0.5, 0.6) is 5.75 Å². The zero-order chi connectivity index (χ0) is 9.47. The highest BCUT2D eigenvalue weighted by atomic mass is 32.2. The Kier molecular flexibility index (Phi) is 1.78. The quantitative estimate of drug-likeness (QED) is 0.687. The van der Waals surface area contributed by atoms with Crippen molar-refractivity contribution in [2.24, 2.45) is 0 Å². The molecule has 2 rings (SSSR count). The normalized spacial score (nSPS) is 20.8. The maximum atomic E-state index is 10.9. The lowest BCUT2D eigenvalue weighted by Crippen LogP contribution is -2.13. The van der Waals surface area contributed by atoms with Crippen LogP contribution in [0.3, 0.4) is 0 Å². The maximum absolute atomic E-state index is 10.9. The van der Waals surface area contributed by atoms with Gasteiger partial charge in [0, 0.05) is 5.56 Å². The molecule has 1 aromatic rings. The second kappa shape index (κ2) is 2.71. The van der Waals surface area contributed by atoms with Gasteiger partial charge in [0.2, 0.25) is 0 Å². The van der Waals surface area contributed by atoms with Gasteiger partial charge in [0.1, 0.15) is 17.6 Å². The van der Waals surface area contributed by atoms with Crippen LogP contribution in [0.2, 0.25) is 0 Å². The summed E-state index contributed by atoms with van der Waals surface area (Å²) in [4.78, 5) is 0. The number of benzene rings is 1. The highest BCUT2D eigenvalue weighted by Crippen LogP contribution is 2.36. The van der Waals surface area contributed by atoms with E-state index < -0.39 is 15.4 Å². The molecule has 1 N–H and O–H groups in total. The zero-order valence-corrected chi connectivity index (χ0v) is 7.49. The van der Waals surface area contributed by atoms with Gasteiger partial charge >= 0.3 is 0 Å². The third kappa shape index (κ3) is 1.40. The summed E-state index contributed by atoms with van der Waals surface area (Å²) in [5.74, 6) is 0.533. The van der Waals surface area contributed by atoms with Gasteiger partial charge in [-0.3, -0.25) is 4.55 Å². The maximum Gasteiger partial charge on any atom is 0.275 e. The minimum absolute atomic E-state index is 0.00181. The summed E-state index contributed by atoms with van der Waals surface area (Å²) < 4.78 is 35.7. The molecule has 1 aromatic carbocycles. The smallest absolute Gasteiger partial charge is 0.275 e. The van der Waals surface area contributed by atoms with Crippen molar-refractivity contribution in [2.45, 2.75) is 5.25 Å². The van der Waals surface area contributed by atoms with Gasteiger partial charge < -0.3 is 4.74 Å². The zero-order valence-electron chi connectivity index (χ0n) is 6.67. The molecule has 0 saturated heterocycles. The van der Waals surface area contributed by atoms with Gasteiger partial charge in [-0.15, -0.1) is 0 Å². The van der Waals surface area contributed by atoms with Gasteiger partial charge in [-0.2, -0.15) is 8.42 Å². The Morgan fingerprint density at radius 3 is 2.77 bits per heavy atom. The number of para-hydroxylation sites is 1. The van der Waals surface area contributed by atoms with E-state index in [0.29, 0.717) is 11.3 Å². The van der Waals surface area contributed by atoms with Crippen LogP contribution in [-0.4, -0.2) is 19.6 Å². The lowest BCUT2D eigenvalue weighted by atomic mass is 10.2. The van der Waals surface area contributed by atoms with Crippen LogP contribution >= 0.6 is 0 Å². The molecule has 0 aliphatic carbocycles. The molecular weight excluding hydrogens is 192 g/mol. The minimum Gasteiger partial charge on any atom is -0.491 e. The third-order valence-corrected chi connectivity index (χ3v) is 3.12. The first kappa shape index (κ1) is 8.52. The van der Waals surface area contributed by atoms with E-state index in [2.05, 4.69) is 0 Å². The van der Waals surface area contributed by atoms with Gasteiger partial charge in [0.05, 0.1) is 0 Å². The van der Waals surface area contributed by atoms with Crippen LogP contribution in [0.15, 0.2) is 24.3 Å². The van der Waals surface area contributed by atoms with Crippen molar-refractivity contribution in [3.63, 3.8) is 0 Å². The molecule has 0 saturated carbocycles. The van der Waals surface area contributed by atoms with E-state index >= 15 is 0 Å². The van der Waals surface area contributed by atoms with Crippen molar-refractivity contribution in [2.75, 3.05) is 6.61 Å². The van der Waals surface area contributed by atoms with E-state index in [9.17, 15) is 8.42 Å². The monoisotopic (exact) mass is 200 g/mol. The predicted octanol–water partition coefficient (Wildman–Crippen LogP) is 1.01. The van der Waals surface area contributed by atoms with Crippen LogP contribution in [0.1, 0.15) is 10.8 Å². The van der Waals surface area contributed by atoms with Crippen molar-refractivity contribution in [1.29, 1.82) is 0 Å². The van der Waals surface area contributed by atoms with Crippen molar-refractivity contribution in [1.82, 2.24) is 0 Å². The van der Waals surface area contributed by atoms with E-state index in [1.54, 1.807) is 24.3 Å². The number of hydrogen-bond donors (Lipinski definition) is 1. The summed E-state index contributed by atoms with van der Waals surface area (Å²) in [5, 5.41) is -0.927.